The number of esters is 1. The summed E-state index contributed by atoms with van der Waals surface area (Å²) in [6.45, 7) is 1.89. The SMILES string of the molecule is COC(=O)c1cc(C)ccc1NC1CCCC1S(C)(=O)=O. The van der Waals surface area contributed by atoms with Crippen molar-refractivity contribution >= 4 is 21.5 Å². The fourth-order valence-corrected chi connectivity index (χ4v) is 4.26. The summed E-state index contributed by atoms with van der Waals surface area (Å²) in [5, 5.41) is 2.83. The Kier molecular flexibility index (Phi) is 4.56. The van der Waals surface area contributed by atoms with Crippen molar-refractivity contribution < 1.29 is 17.9 Å². The highest BCUT2D eigenvalue weighted by Gasteiger charge is 2.35. The van der Waals surface area contributed by atoms with Crippen molar-refractivity contribution in [3.8, 4) is 0 Å². The highest BCUT2D eigenvalue weighted by atomic mass is 32.2. The highest BCUT2D eigenvalue weighted by Crippen LogP contribution is 2.29. The van der Waals surface area contributed by atoms with E-state index in [9.17, 15) is 13.2 Å². The van der Waals surface area contributed by atoms with Crippen molar-refractivity contribution in [3.63, 3.8) is 0 Å². The molecule has 0 heterocycles. The van der Waals surface area contributed by atoms with E-state index in [-0.39, 0.29) is 6.04 Å². The lowest BCUT2D eigenvalue weighted by atomic mass is 10.1. The molecule has 0 spiro atoms. The van der Waals surface area contributed by atoms with Crippen LogP contribution in [0.2, 0.25) is 0 Å². The molecule has 0 bridgehead atoms. The zero-order valence-electron chi connectivity index (χ0n) is 12.5. The van der Waals surface area contributed by atoms with Crippen molar-refractivity contribution in [2.45, 2.75) is 37.5 Å². The number of sulfone groups is 1. The molecule has 2 rings (SSSR count). The predicted molar refractivity (Wildman–Crippen MR) is 82.4 cm³/mol. The number of hydrogen-bond donors (Lipinski definition) is 1. The number of carbonyl (C=O) groups is 1. The summed E-state index contributed by atoms with van der Waals surface area (Å²) in [6, 6.07) is 5.28. The zero-order chi connectivity index (χ0) is 15.6. The second-order valence-electron chi connectivity index (χ2n) is 5.59. The van der Waals surface area contributed by atoms with E-state index in [1.807, 2.05) is 13.0 Å². The third-order valence-electron chi connectivity index (χ3n) is 3.92. The van der Waals surface area contributed by atoms with Gasteiger partial charge < -0.3 is 10.1 Å². The number of benzene rings is 1. The Balaban J connectivity index is 2.29. The molecule has 0 radical (unpaired) electrons. The van der Waals surface area contributed by atoms with Gasteiger partial charge in [0.1, 0.15) is 0 Å². The average molecular weight is 311 g/mol. The van der Waals surface area contributed by atoms with Gasteiger partial charge in [-0.1, -0.05) is 11.6 Å². The third kappa shape index (κ3) is 3.56. The second kappa shape index (κ2) is 6.05. The van der Waals surface area contributed by atoms with E-state index in [2.05, 4.69) is 5.32 Å². The maximum Gasteiger partial charge on any atom is 0.339 e. The summed E-state index contributed by atoms with van der Waals surface area (Å²) in [5.74, 6) is -0.421. The van der Waals surface area contributed by atoms with E-state index in [1.54, 1.807) is 12.1 Å². The number of carbonyl (C=O) groups excluding carboxylic acids is 1. The Morgan fingerprint density at radius 2 is 2.05 bits per heavy atom. The number of hydrogen-bond acceptors (Lipinski definition) is 5. The lowest BCUT2D eigenvalue weighted by Crippen LogP contribution is -2.34. The van der Waals surface area contributed by atoms with Gasteiger partial charge in [0.05, 0.1) is 17.9 Å². The van der Waals surface area contributed by atoms with Crippen LogP contribution in [0.25, 0.3) is 0 Å². The van der Waals surface area contributed by atoms with Gasteiger partial charge in [0.2, 0.25) is 0 Å². The van der Waals surface area contributed by atoms with E-state index >= 15 is 0 Å². The van der Waals surface area contributed by atoms with Crippen molar-refractivity contribution in [1.82, 2.24) is 0 Å². The minimum absolute atomic E-state index is 0.161. The Morgan fingerprint density at radius 1 is 1.33 bits per heavy atom. The molecular formula is C15H21NO4S. The van der Waals surface area contributed by atoms with Gasteiger partial charge in [-0.3, -0.25) is 0 Å². The molecule has 1 fully saturated rings. The summed E-state index contributed by atoms with van der Waals surface area (Å²) >= 11 is 0. The average Bonchev–Trinajstić information content (AvgIpc) is 2.88. The quantitative estimate of drug-likeness (QED) is 0.863. The largest absolute Gasteiger partial charge is 0.465 e. The van der Waals surface area contributed by atoms with Crippen molar-refractivity contribution in [2.75, 3.05) is 18.7 Å². The first-order valence-electron chi connectivity index (χ1n) is 6.97. The van der Waals surface area contributed by atoms with Gasteiger partial charge in [-0.25, -0.2) is 13.2 Å². The van der Waals surface area contributed by atoms with E-state index in [0.717, 1.165) is 18.4 Å². The van der Waals surface area contributed by atoms with Gasteiger partial charge in [0.15, 0.2) is 9.84 Å². The summed E-state index contributed by atoms with van der Waals surface area (Å²) < 4.78 is 28.5. The Hall–Kier alpha value is -1.56. The van der Waals surface area contributed by atoms with Gasteiger partial charge in [-0.05, 0) is 38.3 Å². The second-order valence-corrected chi connectivity index (χ2v) is 7.85. The molecule has 2 unspecified atom stereocenters. The Labute approximate surface area is 125 Å². The van der Waals surface area contributed by atoms with Crippen LogP contribution in [0.4, 0.5) is 5.69 Å². The molecule has 2 atom stereocenters. The molecule has 1 aliphatic carbocycles. The van der Waals surface area contributed by atoms with Crippen LogP contribution in [-0.2, 0) is 14.6 Å². The number of methoxy groups -OCH3 is 1. The fourth-order valence-electron chi connectivity index (χ4n) is 2.87. The topological polar surface area (TPSA) is 72.5 Å². The molecule has 116 valence electrons. The lowest BCUT2D eigenvalue weighted by Gasteiger charge is -2.22. The van der Waals surface area contributed by atoms with Crippen molar-refractivity contribution in [3.05, 3.63) is 29.3 Å². The smallest absolute Gasteiger partial charge is 0.339 e. The van der Waals surface area contributed by atoms with E-state index in [0.29, 0.717) is 17.7 Å². The minimum atomic E-state index is -3.10. The van der Waals surface area contributed by atoms with Gasteiger partial charge >= 0.3 is 5.97 Å². The molecule has 1 aromatic rings. The lowest BCUT2D eigenvalue weighted by molar-refractivity contribution is 0.0601. The normalized spacial score (nSPS) is 22.0. The molecule has 21 heavy (non-hydrogen) atoms. The van der Waals surface area contributed by atoms with Crippen LogP contribution >= 0.6 is 0 Å². The Morgan fingerprint density at radius 3 is 2.67 bits per heavy atom. The molecule has 0 amide bonds. The number of ether oxygens (including phenoxy) is 1. The Bertz CT molecular complexity index is 639. The van der Waals surface area contributed by atoms with E-state index < -0.39 is 21.1 Å². The molecule has 6 heteroatoms. The molecule has 1 N–H and O–H groups in total. The zero-order valence-corrected chi connectivity index (χ0v) is 13.4. The summed E-state index contributed by atoms with van der Waals surface area (Å²) in [4.78, 5) is 11.9. The summed E-state index contributed by atoms with van der Waals surface area (Å²) in [6.07, 6.45) is 3.59. The molecule has 1 aromatic carbocycles. The minimum Gasteiger partial charge on any atom is -0.465 e. The van der Waals surface area contributed by atoms with Gasteiger partial charge in [0.25, 0.3) is 0 Å². The molecular weight excluding hydrogens is 290 g/mol. The van der Waals surface area contributed by atoms with E-state index in [1.165, 1.54) is 13.4 Å². The van der Waals surface area contributed by atoms with Gasteiger partial charge in [-0.2, -0.15) is 0 Å². The molecule has 5 nitrogen and oxygen atoms in total. The standard InChI is InChI=1S/C15H21NO4S/c1-10-7-8-12(11(9-10)15(17)20-2)16-13-5-4-6-14(13)21(3,18)19/h7-9,13-14,16H,4-6H2,1-3H3. The maximum absolute atomic E-state index is 11.9. The van der Waals surface area contributed by atoms with Crippen LogP contribution < -0.4 is 5.32 Å². The van der Waals surface area contributed by atoms with Gasteiger partial charge in [-0.15, -0.1) is 0 Å². The van der Waals surface area contributed by atoms with Crippen LogP contribution in [0.5, 0.6) is 0 Å². The number of rotatable bonds is 4. The van der Waals surface area contributed by atoms with Crippen molar-refractivity contribution in [1.29, 1.82) is 0 Å². The van der Waals surface area contributed by atoms with Crippen LogP contribution in [0, 0.1) is 6.92 Å². The summed E-state index contributed by atoms with van der Waals surface area (Å²) in [7, 11) is -1.76. The molecule has 1 aliphatic rings. The summed E-state index contributed by atoms with van der Waals surface area (Å²) in [5.41, 5.74) is 2.02. The van der Waals surface area contributed by atoms with Gasteiger partial charge in [0, 0.05) is 18.0 Å². The molecule has 0 aliphatic heterocycles. The monoisotopic (exact) mass is 311 g/mol. The molecule has 0 aromatic heterocycles. The first-order valence-corrected chi connectivity index (χ1v) is 8.92. The highest BCUT2D eigenvalue weighted by molar-refractivity contribution is 7.91. The van der Waals surface area contributed by atoms with Crippen LogP contribution in [0.15, 0.2) is 18.2 Å². The predicted octanol–water partition coefficient (Wildman–Crippen LogP) is 2.16. The first kappa shape index (κ1) is 15.8. The number of anilines is 1. The molecule has 1 saturated carbocycles. The van der Waals surface area contributed by atoms with Crippen LogP contribution in [-0.4, -0.2) is 39.0 Å². The first-order chi connectivity index (χ1) is 9.82. The van der Waals surface area contributed by atoms with E-state index in [4.69, 9.17) is 4.74 Å². The fraction of sp³-hybridized carbons (Fsp3) is 0.533. The third-order valence-corrected chi connectivity index (χ3v) is 5.59. The van der Waals surface area contributed by atoms with Crippen LogP contribution in [0.3, 0.4) is 0 Å². The maximum atomic E-state index is 11.9. The van der Waals surface area contributed by atoms with Crippen molar-refractivity contribution in [2.24, 2.45) is 0 Å². The number of aryl methyl sites for hydroxylation is 1. The number of nitrogens with one attached hydrogen (secondary N) is 1. The van der Waals surface area contributed by atoms with Crippen LogP contribution in [0.1, 0.15) is 35.2 Å². The molecule has 0 saturated heterocycles.